The van der Waals surface area contributed by atoms with Crippen molar-refractivity contribution < 1.29 is 28.5 Å². The van der Waals surface area contributed by atoms with E-state index in [0.717, 1.165) is 0 Å². The fourth-order valence-electron chi connectivity index (χ4n) is 2.87. The number of carbonyl (C=O) groups excluding carboxylic acids is 2. The van der Waals surface area contributed by atoms with Gasteiger partial charge in [-0.15, -0.1) is 0 Å². The number of carbonyl (C=O) groups is 2. The summed E-state index contributed by atoms with van der Waals surface area (Å²) < 4.78 is 21.2. The molecule has 0 saturated carbocycles. The summed E-state index contributed by atoms with van der Waals surface area (Å²) in [6.45, 7) is 0. The van der Waals surface area contributed by atoms with Crippen molar-refractivity contribution >= 4 is 17.8 Å². The van der Waals surface area contributed by atoms with Crippen molar-refractivity contribution in [3.63, 3.8) is 0 Å². The maximum absolute atomic E-state index is 12.6. The molecule has 0 amide bonds. The van der Waals surface area contributed by atoms with E-state index in [1.54, 1.807) is 73.8 Å². The highest BCUT2D eigenvalue weighted by atomic mass is 16.6. The van der Waals surface area contributed by atoms with Crippen LogP contribution in [0.25, 0.3) is 6.08 Å². The highest BCUT2D eigenvalue weighted by Gasteiger charge is 2.13. The highest BCUT2D eigenvalue weighted by molar-refractivity contribution is 6.08. The number of rotatable bonds is 8. The van der Waals surface area contributed by atoms with Crippen LogP contribution in [0.1, 0.15) is 26.3 Å². The van der Waals surface area contributed by atoms with Crippen molar-refractivity contribution in [3.05, 3.63) is 89.5 Å². The zero-order valence-corrected chi connectivity index (χ0v) is 17.5. The summed E-state index contributed by atoms with van der Waals surface area (Å²) >= 11 is 0. The molecule has 0 aliphatic carbocycles. The van der Waals surface area contributed by atoms with E-state index in [1.807, 2.05) is 6.07 Å². The van der Waals surface area contributed by atoms with Gasteiger partial charge in [-0.3, -0.25) is 4.79 Å². The van der Waals surface area contributed by atoms with Gasteiger partial charge >= 0.3 is 5.97 Å². The van der Waals surface area contributed by atoms with Crippen molar-refractivity contribution in [2.45, 2.75) is 0 Å². The summed E-state index contributed by atoms with van der Waals surface area (Å²) in [6.07, 6.45) is 3.09. The van der Waals surface area contributed by atoms with Crippen molar-refractivity contribution in [2.24, 2.45) is 0 Å². The summed E-state index contributed by atoms with van der Waals surface area (Å²) in [6, 6.07) is 18.7. The number of allylic oxidation sites excluding steroid dienone is 1. The number of benzene rings is 3. The molecule has 0 spiro atoms. The first-order valence-electron chi connectivity index (χ1n) is 9.45. The normalized spacial score (nSPS) is 10.5. The van der Waals surface area contributed by atoms with Crippen LogP contribution in [0.5, 0.6) is 23.0 Å². The molecule has 31 heavy (non-hydrogen) atoms. The molecule has 0 aliphatic rings. The van der Waals surface area contributed by atoms with Crippen LogP contribution in [0.15, 0.2) is 72.8 Å². The maximum Gasteiger partial charge on any atom is 0.343 e. The summed E-state index contributed by atoms with van der Waals surface area (Å²) in [4.78, 5) is 24.9. The molecule has 3 rings (SSSR count). The van der Waals surface area contributed by atoms with Crippen LogP contribution in [-0.2, 0) is 0 Å². The molecule has 6 heteroatoms. The molecule has 6 nitrogen and oxygen atoms in total. The predicted octanol–water partition coefficient (Wildman–Crippen LogP) is 4.83. The van der Waals surface area contributed by atoms with Crippen LogP contribution in [0, 0.1) is 0 Å². The number of hydrogen-bond acceptors (Lipinski definition) is 6. The minimum absolute atomic E-state index is 0.224. The Morgan fingerprint density at radius 3 is 2.16 bits per heavy atom. The molecule has 0 saturated heterocycles. The Hall–Kier alpha value is -4.06. The SMILES string of the molecule is COc1ccc(C(=O)C=Cc2ccc(OC(=O)c3ccccc3)c(OC)c2)c(OC)c1. The van der Waals surface area contributed by atoms with E-state index in [9.17, 15) is 9.59 Å². The van der Waals surface area contributed by atoms with Crippen LogP contribution in [0.3, 0.4) is 0 Å². The Kier molecular flexibility index (Phi) is 7.06. The molecule has 0 fully saturated rings. The highest BCUT2D eigenvalue weighted by Crippen LogP contribution is 2.30. The third-order valence-corrected chi connectivity index (χ3v) is 4.50. The second-order valence-corrected chi connectivity index (χ2v) is 6.43. The zero-order chi connectivity index (χ0) is 22.2. The van der Waals surface area contributed by atoms with Gasteiger partial charge in [-0.25, -0.2) is 4.79 Å². The van der Waals surface area contributed by atoms with Crippen molar-refractivity contribution in [3.8, 4) is 23.0 Å². The average molecular weight is 418 g/mol. The maximum atomic E-state index is 12.6. The third-order valence-electron chi connectivity index (χ3n) is 4.50. The minimum Gasteiger partial charge on any atom is -0.497 e. The Morgan fingerprint density at radius 2 is 1.48 bits per heavy atom. The van der Waals surface area contributed by atoms with Gasteiger partial charge < -0.3 is 18.9 Å². The molecule has 0 heterocycles. The molecule has 0 aliphatic heterocycles. The second kappa shape index (κ2) is 10.1. The van der Waals surface area contributed by atoms with E-state index >= 15 is 0 Å². The van der Waals surface area contributed by atoms with Gasteiger partial charge in [-0.1, -0.05) is 30.3 Å². The Bertz CT molecular complexity index is 1100. The molecule has 0 aromatic heterocycles. The second-order valence-electron chi connectivity index (χ2n) is 6.43. The molecule has 3 aromatic carbocycles. The monoisotopic (exact) mass is 418 g/mol. The number of ether oxygens (including phenoxy) is 4. The van der Waals surface area contributed by atoms with E-state index in [-0.39, 0.29) is 11.5 Å². The van der Waals surface area contributed by atoms with E-state index < -0.39 is 5.97 Å². The Balaban J connectivity index is 1.77. The number of ketones is 1. The van der Waals surface area contributed by atoms with Crippen molar-refractivity contribution in [2.75, 3.05) is 21.3 Å². The quantitative estimate of drug-likeness (QED) is 0.226. The van der Waals surface area contributed by atoms with Gasteiger partial charge in [-0.2, -0.15) is 0 Å². The van der Waals surface area contributed by atoms with Crippen molar-refractivity contribution in [1.29, 1.82) is 0 Å². The van der Waals surface area contributed by atoms with Gasteiger partial charge in [0.2, 0.25) is 0 Å². The molecule has 158 valence electrons. The average Bonchev–Trinajstić information content (AvgIpc) is 2.83. The van der Waals surface area contributed by atoms with Gasteiger partial charge in [0, 0.05) is 6.07 Å². The van der Waals surface area contributed by atoms with Gasteiger partial charge in [0.05, 0.1) is 32.5 Å². The van der Waals surface area contributed by atoms with Gasteiger partial charge in [0.25, 0.3) is 0 Å². The van der Waals surface area contributed by atoms with Crippen LogP contribution >= 0.6 is 0 Å². The molecule has 0 atom stereocenters. The summed E-state index contributed by atoms with van der Waals surface area (Å²) in [5.41, 5.74) is 1.56. The van der Waals surface area contributed by atoms with E-state index in [1.165, 1.54) is 20.3 Å². The first-order valence-corrected chi connectivity index (χ1v) is 9.45. The first-order chi connectivity index (χ1) is 15.0. The molecule has 0 radical (unpaired) electrons. The number of hydrogen-bond donors (Lipinski definition) is 0. The molecular formula is C25H22O6. The minimum atomic E-state index is -0.482. The lowest BCUT2D eigenvalue weighted by Crippen LogP contribution is -2.09. The molecule has 3 aromatic rings. The van der Waals surface area contributed by atoms with E-state index in [2.05, 4.69) is 0 Å². The van der Waals surface area contributed by atoms with Crippen LogP contribution < -0.4 is 18.9 Å². The van der Waals surface area contributed by atoms with Crippen LogP contribution in [0.4, 0.5) is 0 Å². The fraction of sp³-hybridized carbons (Fsp3) is 0.120. The number of esters is 1. The Labute approximate surface area is 180 Å². The summed E-state index contributed by atoms with van der Waals surface area (Å²) in [5.74, 6) is 0.983. The molecular weight excluding hydrogens is 396 g/mol. The van der Waals surface area contributed by atoms with E-state index in [4.69, 9.17) is 18.9 Å². The van der Waals surface area contributed by atoms with Crippen molar-refractivity contribution in [1.82, 2.24) is 0 Å². The van der Waals surface area contributed by atoms with Gasteiger partial charge in [0.15, 0.2) is 17.3 Å². The van der Waals surface area contributed by atoms with E-state index in [0.29, 0.717) is 33.9 Å². The lowest BCUT2D eigenvalue weighted by atomic mass is 10.1. The lowest BCUT2D eigenvalue weighted by molar-refractivity contribution is 0.0729. The molecule has 0 N–H and O–H groups in total. The standard InChI is InChI=1S/C25H22O6/c1-28-19-11-12-20(23(16-19)29-2)21(26)13-9-17-10-14-22(24(15-17)30-3)31-25(27)18-7-5-4-6-8-18/h4-16H,1-3H3. The number of methoxy groups -OCH3 is 3. The van der Waals surface area contributed by atoms with Crippen LogP contribution in [-0.4, -0.2) is 33.1 Å². The van der Waals surface area contributed by atoms with Gasteiger partial charge in [0.1, 0.15) is 11.5 Å². The van der Waals surface area contributed by atoms with Crippen LogP contribution in [0.2, 0.25) is 0 Å². The van der Waals surface area contributed by atoms with Gasteiger partial charge in [-0.05, 0) is 48.0 Å². The first kappa shape index (κ1) is 21.6. The molecule has 0 unspecified atom stereocenters. The third kappa shape index (κ3) is 5.30. The smallest absolute Gasteiger partial charge is 0.343 e. The topological polar surface area (TPSA) is 71.1 Å². The summed E-state index contributed by atoms with van der Waals surface area (Å²) in [7, 11) is 4.52. The summed E-state index contributed by atoms with van der Waals surface area (Å²) in [5, 5.41) is 0. The molecule has 0 bridgehead atoms. The lowest BCUT2D eigenvalue weighted by Gasteiger charge is -2.10. The largest absolute Gasteiger partial charge is 0.497 e. The Morgan fingerprint density at radius 1 is 0.742 bits per heavy atom. The fourth-order valence-corrected chi connectivity index (χ4v) is 2.87. The zero-order valence-electron chi connectivity index (χ0n) is 17.5. The predicted molar refractivity (Wildman–Crippen MR) is 117 cm³/mol.